The van der Waals surface area contributed by atoms with Crippen LogP contribution in [0.4, 0.5) is 5.69 Å². The Labute approximate surface area is 130 Å². The fourth-order valence-corrected chi connectivity index (χ4v) is 2.68. The van der Waals surface area contributed by atoms with Crippen molar-refractivity contribution in [1.82, 2.24) is 0 Å². The molecule has 0 bridgehead atoms. The average molecular weight is 293 g/mol. The van der Waals surface area contributed by atoms with Crippen LogP contribution in [-0.2, 0) is 0 Å². The molecule has 3 nitrogen and oxygen atoms in total. The molecule has 0 radical (unpaired) electrons. The number of hydrogen-bond donors (Lipinski definition) is 1. The molecule has 112 valence electrons. The van der Waals surface area contributed by atoms with E-state index < -0.39 is 0 Å². The Bertz CT molecular complexity index is 762. The second-order valence-electron chi connectivity index (χ2n) is 6.11. The molecule has 1 aliphatic rings. The molecule has 3 rings (SSSR count). The first-order chi connectivity index (χ1) is 10.5. The van der Waals surface area contributed by atoms with Gasteiger partial charge in [-0.2, -0.15) is 0 Å². The third-order valence-electron chi connectivity index (χ3n) is 4.34. The number of carbonyl (C=O) groups is 2. The quantitative estimate of drug-likeness (QED) is 0.796. The number of nitrogens with one attached hydrogen (secondary N) is 1. The van der Waals surface area contributed by atoms with E-state index in [0.717, 1.165) is 5.69 Å². The van der Waals surface area contributed by atoms with E-state index in [1.165, 1.54) is 0 Å². The maximum Gasteiger partial charge on any atom is 0.196 e. The van der Waals surface area contributed by atoms with Crippen LogP contribution in [-0.4, -0.2) is 17.6 Å². The number of hydrogen-bond acceptors (Lipinski definition) is 3. The summed E-state index contributed by atoms with van der Waals surface area (Å²) in [7, 11) is 0. The van der Waals surface area contributed by atoms with Crippen LogP contribution in [0.2, 0.25) is 0 Å². The number of carbonyl (C=O) groups excluding carboxylic acids is 2. The summed E-state index contributed by atoms with van der Waals surface area (Å²) in [5, 5.41) is 3.38. The summed E-state index contributed by atoms with van der Waals surface area (Å²) in [6.07, 6.45) is 0. The summed E-state index contributed by atoms with van der Waals surface area (Å²) >= 11 is 0. The molecule has 0 saturated heterocycles. The lowest BCUT2D eigenvalue weighted by atomic mass is 9.83. The van der Waals surface area contributed by atoms with Gasteiger partial charge >= 0.3 is 0 Å². The van der Waals surface area contributed by atoms with Crippen molar-refractivity contribution in [2.75, 3.05) is 5.32 Å². The van der Waals surface area contributed by atoms with E-state index in [9.17, 15) is 9.59 Å². The highest BCUT2D eigenvalue weighted by Gasteiger charge is 2.31. The molecule has 3 heteroatoms. The molecule has 0 aliphatic heterocycles. The van der Waals surface area contributed by atoms with Gasteiger partial charge in [0, 0.05) is 28.4 Å². The van der Waals surface area contributed by atoms with Crippen LogP contribution in [0.15, 0.2) is 42.5 Å². The molecule has 22 heavy (non-hydrogen) atoms. The molecule has 0 saturated carbocycles. The molecule has 0 spiro atoms. The number of benzene rings is 2. The summed E-state index contributed by atoms with van der Waals surface area (Å²) in [5.74, 6) is 0.271. The van der Waals surface area contributed by atoms with Crippen molar-refractivity contribution in [3.63, 3.8) is 0 Å². The summed E-state index contributed by atoms with van der Waals surface area (Å²) in [6.45, 7) is 6.32. The normalized spacial score (nSPS) is 14.5. The zero-order chi connectivity index (χ0) is 15.9. The number of ketones is 2. The van der Waals surface area contributed by atoms with Crippen molar-refractivity contribution in [3.8, 4) is 0 Å². The smallest absolute Gasteiger partial charge is 0.196 e. The lowest BCUT2D eigenvalue weighted by molar-refractivity contribution is 0.0979. The van der Waals surface area contributed by atoms with Gasteiger partial charge in [-0.15, -0.1) is 0 Å². The Balaban J connectivity index is 2.13. The minimum atomic E-state index is -0.0794. The van der Waals surface area contributed by atoms with Gasteiger partial charge in [-0.3, -0.25) is 9.59 Å². The highest BCUT2D eigenvalue weighted by molar-refractivity contribution is 6.30. The van der Waals surface area contributed by atoms with E-state index in [-0.39, 0.29) is 17.6 Å². The maximum absolute atomic E-state index is 12.8. The Morgan fingerprint density at radius 1 is 0.773 bits per heavy atom. The van der Waals surface area contributed by atoms with Crippen LogP contribution in [0.3, 0.4) is 0 Å². The average Bonchev–Trinajstić information content (AvgIpc) is 2.52. The summed E-state index contributed by atoms with van der Waals surface area (Å²) < 4.78 is 0. The number of anilines is 1. The predicted molar refractivity (Wildman–Crippen MR) is 87.7 cm³/mol. The molecular weight excluding hydrogens is 274 g/mol. The van der Waals surface area contributed by atoms with Crippen LogP contribution in [0.25, 0.3) is 0 Å². The van der Waals surface area contributed by atoms with Crippen LogP contribution >= 0.6 is 0 Å². The Kier molecular flexibility index (Phi) is 3.57. The van der Waals surface area contributed by atoms with Crippen molar-refractivity contribution < 1.29 is 9.59 Å². The van der Waals surface area contributed by atoms with E-state index in [2.05, 4.69) is 26.1 Å². The van der Waals surface area contributed by atoms with Gasteiger partial charge in [0.25, 0.3) is 0 Å². The Morgan fingerprint density at radius 3 is 2.00 bits per heavy atom. The van der Waals surface area contributed by atoms with Gasteiger partial charge < -0.3 is 5.32 Å². The second-order valence-corrected chi connectivity index (χ2v) is 6.11. The fourth-order valence-electron chi connectivity index (χ4n) is 2.68. The van der Waals surface area contributed by atoms with Crippen LogP contribution in [0.1, 0.15) is 52.6 Å². The Morgan fingerprint density at radius 2 is 1.36 bits per heavy atom. The third-order valence-corrected chi connectivity index (χ3v) is 4.34. The Hall–Kier alpha value is -2.42. The maximum atomic E-state index is 12.8. The highest BCUT2D eigenvalue weighted by atomic mass is 16.1. The topological polar surface area (TPSA) is 46.2 Å². The third kappa shape index (κ3) is 2.23. The van der Waals surface area contributed by atoms with Crippen molar-refractivity contribution in [3.05, 3.63) is 64.7 Å². The van der Waals surface area contributed by atoms with Gasteiger partial charge in [-0.05, 0) is 18.9 Å². The fraction of sp³-hybridized carbons (Fsp3) is 0.263. The van der Waals surface area contributed by atoms with Gasteiger partial charge in [0.05, 0.1) is 5.56 Å². The zero-order valence-electron chi connectivity index (χ0n) is 13.0. The van der Waals surface area contributed by atoms with Crippen molar-refractivity contribution in [2.24, 2.45) is 5.92 Å². The first kappa shape index (κ1) is 14.5. The van der Waals surface area contributed by atoms with E-state index >= 15 is 0 Å². The summed E-state index contributed by atoms with van der Waals surface area (Å²) in [6, 6.07) is 12.7. The molecule has 2 aromatic rings. The predicted octanol–water partition coefficient (Wildman–Crippen LogP) is 3.92. The number of rotatable bonds is 3. The summed E-state index contributed by atoms with van der Waals surface area (Å²) in [4.78, 5) is 25.5. The number of fused-ring (bicyclic) bond motifs is 2. The van der Waals surface area contributed by atoms with Crippen LogP contribution < -0.4 is 5.32 Å². The van der Waals surface area contributed by atoms with Gasteiger partial charge in [-0.25, -0.2) is 0 Å². The SMILES string of the molecule is CC(C)C(C)Nc1cccc2c1C(=O)c1ccccc1C2=O. The summed E-state index contributed by atoms with van der Waals surface area (Å²) in [5.41, 5.74) is 2.72. The monoisotopic (exact) mass is 293 g/mol. The molecule has 1 unspecified atom stereocenters. The molecule has 0 fully saturated rings. The molecule has 1 aliphatic carbocycles. The first-order valence-corrected chi connectivity index (χ1v) is 7.58. The van der Waals surface area contributed by atoms with Gasteiger partial charge in [0.2, 0.25) is 0 Å². The van der Waals surface area contributed by atoms with Crippen LogP contribution in [0, 0.1) is 5.92 Å². The second kappa shape index (κ2) is 5.41. The lowest BCUT2D eigenvalue weighted by Gasteiger charge is -2.24. The molecule has 1 N–H and O–H groups in total. The lowest BCUT2D eigenvalue weighted by Crippen LogP contribution is -2.26. The van der Waals surface area contributed by atoms with Crippen molar-refractivity contribution in [2.45, 2.75) is 26.8 Å². The minimum absolute atomic E-state index is 0.0777. The highest BCUT2D eigenvalue weighted by Crippen LogP contribution is 2.32. The first-order valence-electron chi connectivity index (χ1n) is 7.58. The van der Waals surface area contributed by atoms with E-state index in [1.54, 1.807) is 30.3 Å². The molecule has 1 atom stereocenters. The van der Waals surface area contributed by atoms with E-state index in [1.807, 2.05) is 12.1 Å². The van der Waals surface area contributed by atoms with Gasteiger partial charge in [-0.1, -0.05) is 50.2 Å². The molecule has 0 heterocycles. The van der Waals surface area contributed by atoms with Gasteiger partial charge in [0.1, 0.15) is 0 Å². The minimum Gasteiger partial charge on any atom is -0.382 e. The zero-order valence-corrected chi connectivity index (χ0v) is 13.0. The van der Waals surface area contributed by atoms with Gasteiger partial charge in [0.15, 0.2) is 11.6 Å². The standard InChI is InChI=1S/C19H19NO2/c1-11(2)12(3)20-16-10-6-9-15-17(16)19(22)14-8-5-4-7-13(14)18(15)21/h4-12,20H,1-3H3. The van der Waals surface area contributed by atoms with Crippen LogP contribution in [0.5, 0.6) is 0 Å². The van der Waals surface area contributed by atoms with Crippen molar-refractivity contribution >= 4 is 17.3 Å². The largest absolute Gasteiger partial charge is 0.382 e. The van der Waals surface area contributed by atoms with E-state index in [0.29, 0.717) is 28.2 Å². The molecule has 0 aromatic heterocycles. The van der Waals surface area contributed by atoms with E-state index in [4.69, 9.17) is 0 Å². The molecule has 0 amide bonds. The van der Waals surface area contributed by atoms with Crippen molar-refractivity contribution in [1.29, 1.82) is 0 Å². The molecule has 2 aromatic carbocycles. The molecular formula is C19H19NO2.